The summed E-state index contributed by atoms with van der Waals surface area (Å²) in [6.45, 7) is 6.59. The van der Waals surface area contributed by atoms with Crippen LogP contribution < -0.4 is 15.1 Å². The zero-order valence-electron chi connectivity index (χ0n) is 18.2. The minimum Gasteiger partial charge on any atom is -0.369 e. The van der Waals surface area contributed by atoms with Gasteiger partial charge in [-0.1, -0.05) is 30.1 Å². The molecule has 1 atom stereocenters. The maximum Gasteiger partial charge on any atom is 0.270 e. The molecule has 1 saturated heterocycles. The van der Waals surface area contributed by atoms with Gasteiger partial charge in [-0.15, -0.1) is 0 Å². The summed E-state index contributed by atoms with van der Waals surface area (Å²) in [5, 5.41) is 3.62. The van der Waals surface area contributed by atoms with Crippen molar-refractivity contribution in [2.75, 3.05) is 16.8 Å². The van der Waals surface area contributed by atoms with Gasteiger partial charge in [0.2, 0.25) is 0 Å². The van der Waals surface area contributed by atoms with Crippen LogP contribution in [0, 0.1) is 0 Å². The van der Waals surface area contributed by atoms with Crippen LogP contribution in [0.15, 0.2) is 42.0 Å². The third-order valence-corrected chi connectivity index (χ3v) is 7.10. The van der Waals surface area contributed by atoms with Crippen molar-refractivity contribution in [1.29, 1.82) is 0 Å². The molecule has 2 aliphatic heterocycles. The fourth-order valence-electron chi connectivity index (χ4n) is 4.35. The lowest BCUT2D eigenvalue weighted by Crippen LogP contribution is -2.54. The molecule has 1 unspecified atom stereocenters. The van der Waals surface area contributed by atoms with Crippen molar-refractivity contribution in [1.82, 2.24) is 5.32 Å². The average molecular weight is 488 g/mol. The van der Waals surface area contributed by atoms with Crippen LogP contribution in [-0.4, -0.2) is 29.5 Å². The number of hydrogen-bond donors (Lipinski definition) is 1. The lowest BCUT2D eigenvalue weighted by molar-refractivity contribution is -0.122. The molecule has 0 spiro atoms. The summed E-state index contributed by atoms with van der Waals surface area (Å²) < 4.78 is 0. The summed E-state index contributed by atoms with van der Waals surface area (Å²) in [5.41, 5.74) is 3.30. The number of carbonyl (C=O) groups excluding carboxylic acids is 2. The van der Waals surface area contributed by atoms with Gasteiger partial charge in [0.05, 0.1) is 5.69 Å². The standard InChI is InChI=1S/C24H23Cl2N3O2S/c1-13-12-24(2,3)28(4)20-11-19(26)14(9-17(13)20)10-18-21(30)27-23(32)29(22(18)31)16-7-5-15(25)6-8-16/h5-11,13H,12H2,1-4H3,(H,27,30,32)/b18-10+. The largest absolute Gasteiger partial charge is 0.369 e. The Morgan fingerprint density at radius 1 is 1.16 bits per heavy atom. The first-order valence-electron chi connectivity index (χ1n) is 10.2. The number of thiocarbonyl (C=S) groups is 1. The number of benzene rings is 2. The smallest absolute Gasteiger partial charge is 0.270 e. The fourth-order valence-corrected chi connectivity index (χ4v) is 4.97. The second kappa shape index (κ2) is 8.18. The highest BCUT2D eigenvalue weighted by atomic mass is 35.5. The molecule has 32 heavy (non-hydrogen) atoms. The SMILES string of the molecule is CC1CC(C)(C)N(C)c2cc(Cl)c(/C=C3\C(=O)NC(=S)N(c4ccc(Cl)cc4)C3=O)cc21. The molecule has 8 heteroatoms. The van der Waals surface area contributed by atoms with Crippen molar-refractivity contribution in [2.24, 2.45) is 0 Å². The number of hydrogen-bond acceptors (Lipinski definition) is 4. The van der Waals surface area contributed by atoms with Crippen LogP contribution in [0.3, 0.4) is 0 Å². The molecule has 2 amide bonds. The maximum atomic E-state index is 13.3. The lowest BCUT2D eigenvalue weighted by Gasteiger charge is -2.45. The highest BCUT2D eigenvalue weighted by Crippen LogP contribution is 2.44. The second-order valence-electron chi connectivity index (χ2n) is 8.84. The molecule has 0 saturated carbocycles. The number of nitrogens with zero attached hydrogens (tertiary/aromatic N) is 2. The van der Waals surface area contributed by atoms with Crippen LogP contribution in [0.2, 0.25) is 10.0 Å². The zero-order valence-corrected chi connectivity index (χ0v) is 20.5. The summed E-state index contributed by atoms with van der Waals surface area (Å²) >= 11 is 17.8. The Bertz CT molecular complexity index is 1170. The predicted molar refractivity (Wildman–Crippen MR) is 135 cm³/mol. The molecule has 5 nitrogen and oxygen atoms in total. The van der Waals surface area contributed by atoms with E-state index in [1.807, 2.05) is 12.1 Å². The van der Waals surface area contributed by atoms with E-state index in [1.165, 1.54) is 11.0 Å². The molecule has 0 bridgehead atoms. The normalized spacial score (nSPS) is 21.6. The highest BCUT2D eigenvalue weighted by Gasteiger charge is 2.36. The molecule has 0 aromatic heterocycles. The second-order valence-corrected chi connectivity index (χ2v) is 10.1. The van der Waals surface area contributed by atoms with Crippen LogP contribution in [0.25, 0.3) is 6.08 Å². The van der Waals surface area contributed by atoms with Crippen LogP contribution in [0.5, 0.6) is 0 Å². The number of nitrogens with one attached hydrogen (secondary N) is 1. The van der Waals surface area contributed by atoms with Gasteiger partial charge < -0.3 is 4.90 Å². The number of halogens is 2. The van der Waals surface area contributed by atoms with Gasteiger partial charge in [-0.25, -0.2) is 0 Å². The summed E-state index contributed by atoms with van der Waals surface area (Å²) in [6, 6.07) is 10.5. The number of rotatable bonds is 2. The van der Waals surface area contributed by atoms with Crippen LogP contribution in [0.4, 0.5) is 11.4 Å². The van der Waals surface area contributed by atoms with E-state index in [2.05, 4.69) is 38.0 Å². The molecular formula is C24H23Cl2N3O2S. The van der Waals surface area contributed by atoms with Gasteiger partial charge in [-0.2, -0.15) is 0 Å². The zero-order chi connectivity index (χ0) is 23.4. The van der Waals surface area contributed by atoms with E-state index >= 15 is 0 Å². The lowest BCUT2D eigenvalue weighted by atomic mass is 9.80. The van der Waals surface area contributed by atoms with E-state index in [1.54, 1.807) is 24.3 Å². The van der Waals surface area contributed by atoms with E-state index in [4.69, 9.17) is 35.4 Å². The minimum atomic E-state index is -0.551. The molecule has 2 heterocycles. The fraction of sp³-hybridized carbons (Fsp3) is 0.292. The molecule has 2 aromatic rings. The highest BCUT2D eigenvalue weighted by molar-refractivity contribution is 7.80. The van der Waals surface area contributed by atoms with E-state index in [-0.39, 0.29) is 16.2 Å². The Balaban J connectivity index is 1.77. The van der Waals surface area contributed by atoms with Crippen molar-refractivity contribution < 1.29 is 9.59 Å². The summed E-state index contributed by atoms with van der Waals surface area (Å²) in [7, 11) is 2.06. The van der Waals surface area contributed by atoms with Crippen LogP contribution >= 0.6 is 35.4 Å². The van der Waals surface area contributed by atoms with E-state index in [0.717, 1.165) is 17.7 Å². The summed E-state index contributed by atoms with van der Waals surface area (Å²) in [5.74, 6) is -0.758. The van der Waals surface area contributed by atoms with Crippen molar-refractivity contribution in [3.05, 3.63) is 63.1 Å². The predicted octanol–water partition coefficient (Wildman–Crippen LogP) is 5.55. The molecule has 0 radical (unpaired) electrons. The van der Waals surface area contributed by atoms with E-state index in [0.29, 0.717) is 27.2 Å². The van der Waals surface area contributed by atoms with Gasteiger partial charge in [0.15, 0.2) is 5.11 Å². The quantitative estimate of drug-likeness (QED) is 0.342. The Labute approximate surface area is 203 Å². The van der Waals surface area contributed by atoms with Crippen molar-refractivity contribution >= 4 is 69.8 Å². The molecule has 1 fully saturated rings. The first-order valence-corrected chi connectivity index (χ1v) is 11.4. The van der Waals surface area contributed by atoms with Gasteiger partial charge in [-0.05, 0) is 92.0 Å². The Morgan fingerprint density at radius 2 is 1.81 bits per heavy atom. The molecule has 4 rings (SSSR count). The average Bonchev–Trinajstić information content (AvgIpc) is 2.71. The van der Waals surface area contributed by atoms with Gasteiger partial charge in [-0.3, -0.25) is 19.8 Å². The summed E-state index contributed by atoms with van der Waals surface area (Å²) in [6.07, 6.45) is 2.52. The Kier molecular flexibility index (Phi) is 5.82. The van der Waals surface area contributed by atoms with Gasteiger partial charge in [0.25, 0.3) is 11.8 Å². The van der Waals surface area contributed by atoms with Crippen molar-refractivity contribution in [3.63, 3.8) is 0 Å². The molecule has 2 aromatic carbocycles. The molecular weight excluding hydrogens is 465 g/mol. The third kappa shape index (κ3) is 3.91. The van der Waals surface area contributed by atoms with E-state index < -0.39 is 11.8 Å². The first-order chi connectivity index (χ1) is 15.0. The third-order valence-electron chi connectivity index (χ3n) is 6.24. The topological polar surface area (TPSA) is 52.7 Å². The van der Waals surface area contributed by atoms with Crippen LogP contribution in [0.1, 0.15) is 44.2 Å². The monoisotopic (exact) mass is 487 g/mol. The Hall–Kier alpha value is -2.41. The van der Waals surface area contributed by atoms with Crippen molar-refractivity contribution in [2.45, 2.75) is 38.6 Å². The first kappa shape index (κ1) is 22.8. The van der Waals surface area contributed by atoms with E-state index in [9.17, 15) is 9.59 Å². The maximum absolute atomic E-state index is 13.3. The molecule has 0 aliphatic carbocycles. The number of fused-ring (bicyclic) bond motifs is 1. The van der Waals surface area contributed by atoms with Gasteiger partial charge in [0, 0.05) is 28.3 Å². The number of amides is 2. The molecule has 166 valence electrons. The Morgan fingerprint density at radius 3 is 2.47 bits per heavy atom. The van der Waals surface area contributed by atoms with Gasteiger partial charge >= 0.3 is 0 Å². The molecule has 1 N–H and O–H groups in total. The summed E-state index contributed by atoms with van der Waals surface area (Å²) in [4.78, 5) is 29.4. The minimum absolute atomic E-state index is 0.00370. The van der Waals surface area contributed by atoms with Crippen LogP contribution in [-0.2, 0) is 9.59 Å². The molecule has 2 aliphatic rings. The number of carbonyl (C=O) groups is 2. The van der Waals surface area contributed by atoms with Crippen molar-refractivity contribution in [3.8, 4) is 0 Å². The van der Waals surface area contributed by atoms with Gasteiger partial charge in [0.1, 0.15) is 5.57 Å². The number of anilines is 2.